The number of nitrogens with two attached hydrogens (primary N) is 1. The Morgan fingerprint density at radius 3 is 2.52 bits per heavy atom. The first-order chi connectivity index (χ1) is 9.97. The lowest BCUT2D eigenvalue weighted by Gasteiger charge is -2.18. The molecular formula is C16H21BrN2O2. The maximum absolute atomic E-state index is 5.78. The molecule has 1 aromatic heterocycles. The third kappa shape index (κ3) is 3.31. The summed E-state index contributed by atoms with van der Waals surface area (Å²) in [6, 6.07) is 5.93. The number of furan rings is 1. The van der Waals surface area contributed by atoms with Crippen LogP contribution in [0.2, 0.25) is 0 Å². The number of nitrogens with one attached hydrogen (secondary N) is 1. The predicted octanol–water partition coefficient (Wildman–Crippen LogP) is 3.72. The van der Waals surface area contributed by atoms with Gasteiger partial charge in [-0.1, -0.05) is 15.9 Å². The zero-order valence-corrected chi connectivity index (χ0v) is 14.4. The van der Waals surface area contributed by atoms with Crippen molar-refractivity contribution in [3.05, 3.63) is 50.9 Å². The lowest BCUT2D eigenvalue weighted by atomic mass is 9.96. The molecule has 2 aromatic rings. The molecule has 0 aliphatic rings. The summed E-state index contributed by atoms with van der Waals surface area (Å²) in [5, 5.41) is 0. The normalized spacial score (nSPS) is 12.5. The van der Waals surface area contributed by atoms with Crippen LogP contribution in [0.3, 0.4) is 0 Å². The van der Waals surface area contributed by atoms with E-state index >= 15 is 0 Å². The van der Waals surface area contributed by atoms with E-state index in [2.05, 4.69) is 28.3 Å². The highest BCUT2D eigenvalue weighted by Gasteiger charge is 2.21. The van der Waals surface area contributed by atoms with Gasteiger partial charge in [-0.3, -0.25) is 11.3 Å². The second-order valence-corrected chi connectivity index (χ2v) is 5.99. The molecule has 4 nitrogen and oxygen atoms in total. The van der Waals surface area contributed by atoms with Gasteiger partial charge in [0.05, 0.1) is 13.2 Å². The van der Waals surface area contributed by atoms with E-state index in [9.17, 15) is 0 Å². The van der Waals surface area contributed by atoms with Crippen molar-refractivity contribution in [1.29, 1.82) is 0 Å². The highest BCUT2D eigenvalue weighted by molar-refractivity contribution is 9.10. The third-order valence-electron chi connectivity index (χ3n) is 3.84. The number of methoxy groups -OCH3 is 1. The second-order valence-electron chi connectivity index (χ2n) is 5.13. The van der Waals surface area contributed by atoms with E-state index in [4.69, 9.17) is 15.0 Å². The van der Waals surface area contributed by atoms with Gasteiger partial charge in [-0.15, -0.1) is 0 Å². The lowest BCUT2D eigenvalue weighted by Crippen LogP contribution is -2.30. The van der Waals surface area contributed by atoms with Gasteiger partial charge < -0.3 is 9.15 Å². The molecule has 1 heterocycles. The number of hydrogen-bond donors (Lipinski definition) is 2. The van der Waals surface area contributed by atoms with Crippen LogP contribution in [0.5, 0.6) is 5.75 Å². The third-order valence-corrected chi connectivity index (χ3v) is 4.62. The minimum absolute atomic E-state index is 0.00847. The highest BCUT2D eigenvalue weighted by Crippen LogP contribution is 2.32. The van der Waals surface area contributed by atoms with Gasteiger partial charge in [0.25, 0.3) is 0 Å². The molecule has 0 radical (unpaired) electrons. The van der Waals surface area contributed by atoms with Crippen molar-refractivity contribution >= 4 is 15.9 Å². The van der Waals surface area contributed by atoms with Crippen LogP contribution in [0.4, 0.5) is 0 Å². The van der Waals surface area contributed by atoms with E-state index in [0.29, 0.717) is 0 Å². The highest BCUT2D eigenvalue weighted by atomic mass is 79.9. The molecule has 0 fully saturated rings. The lowest BCUT2D eigenvalue weighted by molar-refractivity contribution is 0.413. The average molecular weight is 353 g/mol. The van der Waals surface area contributed by atoms with Crippen molar-refractivity contribution in [1.82, 2.24) is 5.43 Å². The summed E-state index contributed by atoms with van der Waals surface area (Å²) < 4.78 is 12.0. The van der Waals surface area contributed by atoms with E-state index < -0.39 is 0 Å². The predicted molar refractivity (Wildman–Crippen MR) is 87.4 cm³/mol. The molecular weight excluding hydrogens is 332 g/mol. The average Bonchev–Trinajstić information content (AvgIpc) is 2.72. The van der Waals surface area contributed by atoms with Gasteiger partial charge in [-0.25, -0.2) is 0 Å². The summed E-state index contributed by atoms with van der Waals surface area (Å²) in [7, 11) is 1.67. The van der Waals surface area contributed by atoms with Crippen molar-refractivity contribution in [3.63, 3.8) is 0 Å². The molecule has 1 unspecified atom stereocenters. The first-order valence-electron chi connectivity index (χ1n) is 6.83. The smallest absolute Gasteiger partial charge is 0.119 e. The molecule has 0 saturated heterocycles. The molecule has 1 aromatic carbocycles. The SMILES string of the molecule is COc1ccc(Br)c(CC(NN)c2c(C)oc(C)c2C)c1. The Balaban J connectivity index is 2.35. The first-order valence-corrected chi connectivity index (χ1v) is 7.62. The minimum atomic E-state index is -0.00847. The van der Waals surface area contributed by atoms with Crippen LogP contribution in [0.1, 0.15) is 34.3 Å². The van der Waals surface area contributed by atoms with E-state index in [-0.39, 0.29) is 6.04 Å². The van der Waals surface area contributed by atoms with Crippen molar-refractivity contribution in [3.8, 4) is 5.75 Å². The number of benzene rings is 1. The van der Waals surface area contributed by atoms with Crippen LogP contribution in [-0.2, 0) is 6.42 Å². The van der Waals surface area contributed by atoms with Crippen LogP contribution in [-0.4, -0.2) is 7.11 Å². The fourth-order valence-electron chi connectivity index (χ4n) is 2.62. The van der Waals surface area contributed by atoms with E-state index in [1.807, 2.05) is 32.0 Å². The maximum Gasteiger partial charge on any atom is 0.119 e. The zero-order valence-electron chi connectivity index (χ0n) is 12.8. The minimum Gasteiger partial charge on any atom is -0.497 e. The van der Waals surface area contributed by atoms with Crippen molar-refractivity contribution in [2.24, 2.45) is 5.84 Å². The Morgan fingerprint density at radius 2 is 2.00 bits per heavy atom. The molecule has 0 aliphatic heterocycles. The molecule has 114 valence electrons. The molecule has 0 aliphatic carbocycles. The Labute approximate surface area is 133 Å². The molecule has 5 heteroatoms. The van der Waals surface area contributed by atoms with Crippen LogP contribution in [0.25, 0.3) is 0 Å². The zero-order chi connectivity index (χ0) is 15.6. The maximum atomic E-state index is 5.78. The number of halogens is 1. The van der Waals surface area contributed by atoms with Gasteiger partial charge in [0.2, 0.25) is 0 Å². The fourth-order valence-corrected chi connectivity index (χ4v) is 3.03. The summed E-state index contributed by atoms with van der Waals surface area (Å²) in [6.45, 7) is 6.01. The van der Waals surface area contributed by atoms with Gasteiger partial charge in [0.1, 0.15) is 17.3 Å². The van der Waals surface area contributed by atoms with Crippen LogP contribution >= 0.6 is 15.9 Å². The molecule has 0 bridgehead atoms. The van der Waals surface area contributed by atoms with E-state index in [1.54, 1.807) is 7.11 Å². The Kier molecular flexibility index (Phi) is 5.08. The molecule has 21 heavy (non-hydrogen) atoms. The van der Waals surface area contributed by atoms with Crippen LogP contribution in [0.15, 0.2) is 27.1 Å². The summed E-state index contributed by atoms with van der Waals surface area (Å²) >= 11 is 3.58. The number of aryl methyl sites for hydroxylation is 2. The first kappa shape index (κ1) is 16.1. The van der Waals surface area contributed by atoms with E-state index in [1.165, 1.54) is 0 Å². The Bertz CT molecular complexity index is 637. The Hall–Kier alpha value is -1.30. The number of hydrogen-bond acceptors (Lipinski definition) is 4. The van der Waals surface area contributed by atoms with Crippen molar-refractivity contribution < 1.29 is 9.15 Å². The van der Waals surface area contributed by atoms with Gasteiger partial charge >= 0.3 is 0 Å². The molecule has 1 atom stereocenters. The monoisotopic (exact) mass is 352 g/mol. The summed E-state index contributed by atoms with van der Waals surface area (Å²) in [4.78, 5) is 0. The topological polar surface area (TPSA) is 60.4 Å². The summed E-state index contributed by atoms with van der Waals surface area (Å²) in [6.07, 6.45) is 0.745. The molecule has 0 spiro atoms. The Morgan fingerprint density at radius 1 is 1.29 bits per heavy atom. The van der Waals surface area contributed by atoms with Crippen LogP contribution in [0, 0.1) is 20.8 Å². The van der Waals surface area contributed by atoms with Crippen molar-refractivity contribution in [2.75, 3.05) is 7.11 Å². The molecule has 2 rings (SSSR count). The summed E-state index contributed by atoms with van der Waals surface area (Å²) in [5.74, 6) is 8.46. The molecule has 3 N–H and O–H groups in total. The number of rotatable bonds is 5. The van der Waals surface area contributed by atoms with Gasteiger partial charge in [0, 0.05) is 10.0 Å². The molecule has 0 saturated carbocycles. The van der Waals surface area contributed by atoms with Crippen molar-refractivity contribution in [2.45, 2.75) is 33.2 Å². The quantitative estimate of drug-likeness (QED) is 0.635. The van der Waals surface area contributed by atoms with Gasteiger partial charge in [-0.2, -0.15) is 0 Å². The largest absolute Gasteiger partial charge is 0.497 e. The van der Waals surface area contributed by atoms with E-state index in [0.717, 1.165) is 44.9 Å². The number of ether oxygens (including phenoxy) is 1. The van der Waals surface area contributed by atoms with Gasteiger partial charge in [0.15, 0.2) is 0 Å². The van der Waals surface area contributed by atoms with Gasteiger partial charge in [-0.05, 0) is 56.5 Å². The van der Waals surface area contributed by atoms with Crippen LogP contribution < -0.4 is 16.0 Å². The number of hydrazine groups is 1. The fraction of sp³-hybridized carbons (Fsp3) is 0.375. The molecule has 0 amide bonds. The standard InChI is InChI=1S/C16H21BrN2O2/c1-9-10(2)21-11(3)16(9)15(19-18)8-12-7-13(20-4)5-6-14(12)17/h5-7,15,19H,8,18H2,1-4H3. The second kappa shape index (κ2) is 6.64. The summed E-state index contributed by atoms with van der Waals surface area (Å²) in [5.41, 5.74) is 6.32.